The molecular formula is C15H23N3S2. The largest absolute Gasteiger partial charge is 0.343 e. The van der Waals surface area contributed by atoms with Gasteiger partial charge in [0.05, 0.1) is 12.2 Å². The lowest BCUT2D eigenvalue weighted by Gasteiger charge is -2.18. The van der Waals surface area contributed by atoms with Gasteiger partial charge >= 0.3 is 0 Å². The van der Waals surface area contributed by atoms with Crippen molar-refractivity contribution in [3.8, 4) is 0 Å². The maximum absolute atomic E-state index is 4.84. The summed E-state index contributed by atoms with van der Waals surface area (Å²) in [5.41, 5.74) is 1.25. The average molecular weight is 310 g/mol. The fourth-order valence-electron chi connectivity index (χ4n) is 2.06. The number of hydrogen-bond donors (Lipinski definition) is 1. The number of anilines is 1. The standard InChI is InChI=1S/C15H23N3S2/c1-4-13-14(10-16-5-2)20-15(17-13)18(6-3)11-12-8-7-9-19-12/h7-9,16H,4-6,10-11H2,1-3H3. The van der Waals surface area contributed by atoms with Crippen molar-refractivity contribution in [2.45, 2.75) is 40.3 Å². The zero-order valence-electron chi connectivity index (χ0n) is 12.5. The smallest absolute Gasteiger partial charge is 0.186 e. The Morgan fingerprint density at radius 2 is 2.15 bits per heavy atom. The molecule has 3 nitrogen and oxygen atoms in total. The molecule has 0 amide bonds. The van der Waals surface area contributed by atoms with Gasteiger partial charge in [-0.1, -0.05) is 19.9 Å². The third kappa shape index (κ3) is 3.81. The van der Waals surface area contributed by atoms with E-state index in [-0.39, 0.29) is 0 Å². The summed E-state index contributed by atoms with van der Waals surface area (Å²) >= 11 is 3.65. The minimum atomic E-state index is 0.938. The lowest BCUT2D eigenvalue weighted by atomic mass is 10.3. The van der Waals surface area contributed by atoms with Gasteiger partial charge in [0.2, 0.25) is 0 Å². The number of nitrogens with zero attached hydrogens (tertiary/aromatic N) is 2. The van der Waals surface area contributed by atoms with Crippen LogP contribution in [0.5, 0.6) is 0 Å². The number of nitrogens with one attached hydrogen (secondary N) is 1. The maximum atomic E-state index is 4.84. The van der Waals surface area contributed by atoms with Crippen molar-refractivity contribution in [3.63, 3.8) is 0 Å². The summed E-state index contributed by atoms with van der Waals surface area (Å²) in [5, 5.41) is 6.71. The molecule has 2 rings (SSSR count). The highest BCUT2D eigenvalue weighted by Crippen LogP contribution is 2.28. The molecule has 0 aromatic carbocycles. The number of rotatable bonds is 8. The average Bonchev–Trinajstić information content (AvgIpc) is 3.11. The molecule has 2 aromatic heterocycles. The topological polar surface area (TPSA) is 28.2 Å². The Balaban J connectivity index is 2.14. The van der Waals surface area contributed by atoms with Crippen LogP contribution in [0.3, 0.4) is 0 Å². The molecule has 0 radical (unpaired) electrons. The van der Waals surface area contributed by atoms with E-state index in [4.69, 9.17) is 4.98 Å². The quantitative estimate of drug-likeness (QED) is 0.801. The molecular weight excluding hydrogens is 286 g/mol. The van der Waals surface area contributed by atoms with E-state index in [0.717, 1.165) is 37.7 Å². The molecule has 2 aromatic rings. The number of aryl methyl sites for hydroxylation is 1. The van der Waals surface area contributed by atoms with Gasteiger partial charge in [-0.15, -0.1) is 22.7 Å². The molecule has 0 bridgehead atoms. The fourth-order valence-corrected chi connectivity index (χ4v) is 3.96. The highest BCUT2D eigenvalue weighted by atomic mass is 32.1. The third-order valence-corrected chi connectivity index (χ3v) is 5.24. The van der Waals surface area contributed by atoms with E-state index in [2.05, 4.69) is 48.5 Å². The van der Waals surface area contributed by atoms with Gasteiger partial charge in [-0.2, -0.15) is 0 Å². The Morgan fingerprint density at radius 3 is 2.75 bits per heavy atom. The SMILES string of the molecule is CCNCc1sc(N(CC)Cc2cccs2)nc1CC. The van der Waals surface area contributed by atoms with E-state index < -0.39 is 0 Å². The normalized spacial score (nSPS) is 10.9. The lowest BCUT2D eigenvalue weighted by molar-refractivity contribution is 0.727. The molecule has 0 saturated heterocycles. The predicted molar refractivity (Wildman–Crippen MR) is 89.9 cm³/mol. The van der Waals surface area contributed by atoms with Crippen molar-refractivity contribution in [2.75, 3.05) is 18.0 Å². The Labute approximate surface area is 129 Å². The molecule has 110 valence electrons. The molecule has 0 atom stereocenters. The second-order valence-corrected chi connectivity index (χ2v) is 6.69. The molecule has 0 aliphatic rings. The highest BCUT2D eigenvalue weighted by molar-refractivity contribution is 7.15. The van der Waals surface area contributed by atoms with Gasteiger partial charge < -0.3 is 10.2 Å². The molecule has 2 heterocycles. The van der Waals surface area contributed by atoms with Crippen molar-refractivity contribution in [3.05, 3.63) is 33.0 Å². The molecule has 0 aliphatic heterocycles. The van der Waals surface area contributed by atoms with Crippen LogP contribution in [0.1, 0.15) is 36.2 Å². The first kappa shape index (κ1) is 15.5. The Hall–Kier alpha value is -0.910. The van der Waals surface area contributed by atoms with E-state index in [1.165, 1.54) is 15.4 Å². The van der Waals surface area contributed by atoms with Gasteiger partial charge in [0.15, 0.2) is 5.13 Å². The van der Waals surface area contributed by atoms with Gasteiger partial charge in [0.1, 0.15) is 0 Å². The van der Waals surface area contributed by atoms with Crippen LogP contribution in [-0.4, -0.2) is 18.1 Å². The minimum Gasteiger partial charge on any atom is -0.343 e. The molecule has 0 aliphatic carbocycles. The Bertz CT molecular complexity index is 505. The van der Waals surface area contributed by atoms with Gasteiger partial charge in [0, 0.05) is 22.8 Å². The van der Waals surface area contributed by atoms with E-state index in [9.17, 15) is 0 Å². The molecule has 1 N–H and O–H groups in total. The summed E-state index contributed by atoms with van der Waals surface area (Å²) in [6.45, 7) is 10.4. The van der Waals surface area contributed by atoms with E-state index in [1.807, 2.05) is 22.7 Å². The summed E-state index contributed by atoms with van der Waals surface area (Å²) in [6, 6.07) is 4.31. The second-order valence-electron chi connectivity index (χ2n) is 4.59. The van der Waals surface area contributed by atoms with Crippen LogP contribution < -0.4 is 10.2 Å². The molecule has 0 spiro atoms. The Morgan fingerprint density at radius 1 is 1.30 bits per heavy atom. The highest BCUT2D eigenvalue weighted by Gasteiger charge is 2.14. The summed E-state index contributed by atoms with van der Waals surface area (Å²) in [7, 11) is 0. The number of aromatic nitrogens is 1. The first-order valence-corrected chi connectivity index (χ1v) is 8.94. The molecule has 5 heteroatoms. The van der Waals surface area contributed by atoms with Gasteiger partial charge in [-0.25, -0.2) is 4.98 Å². The monoisotopic (exact) mass is 309 g/mol. The van der Waals surface area contributed by atoms with E-state index in [0.29, 0.717) is 0 Å². The summed E-state index contributed by atoms with van der Waals surface area (Å²) < 4.78 is 0. The zero-order chi connectivity index (χ0) is 14.4. The maximum Gasteiger partial charge on any atom is 0.186 e. The van der Waals surface area contributed by atoms with Crippen LogP contribution in [0.2, 0.25) is 0 Å². The van der Waals surface area contributed by atoms with Crippen LogP contribution in [0.4, 0.5) is 5.13 Å². The fraction of sp³-hybridized carbons (Fsp3) is 0.533. The molecule has 0 saturated carbocycles. The van der Waals surface area contributed by atoms with Crippen molar-refractivity contribution < 1.29 is 0 Å². The van der Waals surface area contributed by atoms with E-state index in [1.54, 1.807) is 0 Å². The van der Waals surface area contributed by atoms with Crippen LogP contribution >= 0.6 is 22.7 Å². The molecule has 0 fully saturated rings. The van der Waals surface area contributed by atoms with Crippen molar-refractivity contribution in [1.82, 2.24) is 10.3 Å². The van der Waals surface area contributed by atoms with E-state index >= 15 is 0 Å². The van der Waals surface area contributed by atoms with Crippen molar-refractivity contribution >= 4 is 27.8 Å². The van der Waals surface area contributed by atoms with Gasteiger partial charge in [-0.3, -0.25) is 0 Å². The first-order chi connectivity index (χ1) is 9.78. The lowest BCUT2D eigenvalue weighted by Crippen LogP contribution is -2.21. The minimum absolute atomic E-state index is 0.938. The molecule has 0 unspecified atom stereocenters. The number of thiophene rings is 1. The molecule has 20 heavy (non-hydrogen) atoms. The first-order valence-electron chi connectivity index (χ1n) is 7.25. The predicted octanol–water partition coefficient (Wildman–Crippen LogP) is 3.90. The van der Waals surface area contributed by atoms with Crippen LogP contribution in [0, 0.1) is 0 Å². The third-order valence-electron chi connectivity index (χ3n) is 3.22. The summed E-state index contributed by atoms with van der Waals surface area (Å²) in [6.07, 6.45) is 1.01. The number of thiazole rings is 1. The Kier molecular flexibility index (Phi) is 6.01. The number of hydrogen-bond acceptors (Lipinski definition) is 5. The van der Waals surface area contributed by atoms with Gasteiger partial charge in [0.25, 0.3) is 0 Å². The second kappa shape index (κ2) is 7.76. The summed E-state index contributed by atoms with van der Waals surface area (Å²) in [5.74, 6) is 0. The van der Waals surface area contributed by atoms with Crippen LogP contribution in [0.25, 0.3) is 0 Å². The van der Waals surface area contributed by atoms with Gasteiger partial charge in [-0.05, 0) is 31.3 Å². The van der Waals surface area contributed by atoms with Crippen LogP contribution in [-0.2, 0) is 19.5 Å². The van der Waals surface area contributed by atoms with Crippen molar-refractivity contribution in [2.24, 2.45) is 0 Å². The van der Waals surface area contributed by atoms with Crippen molar-refractivity contribution in [1.29, 1.82) is 0 Å². The summed E-state index contributed by atoms with van der Waals surface area (Å²) in [4.78, 5) is 9.99. The zero-order valence-corrected chi connectivity index (χ0v) is 14.1. The van der Waals surface area contributed by atoms with Crippen LogP contribution in [0.15, 0.2) is 17.5 Å².